The summed E-state index contributed by atoms with van der Waals surface area (Å²) in [7, 11) is 1.62. The molecule has 0 bridgehead atoms. The molecule has 2 N–H and O–H groups in total. The Kier molecular flexibility index (Phi) is 5.43. The first-order chi connectivity index (χ1) is 12.6. The van der Waals surface area contributed by atoms with Gasteiger partial charge in [0.1, 0.15) is 17.3 Å². The molecular weight excluding hydrogens is 333 g/mol. The highest BCUT2D eigenvalue weighted by atomic mass is 19.1. The van der Waals surface area contributed by atoms with Crippen molar-refractivity contribution in [3.8, 4) is 5.75 Å². The molecule has 0 aliphatic rings. The second kappa shape index (κ2) is 8.11. The number of methoxy groups -OCH3 is 1. The standard InChI is InChI=1S/C20H18FN3O2/c1-26-18-9-6-16(7-10-18)24-17-8-11-19(22-13-17)20(25)23-12-14-2-4-15(21)5-3-14/h2-11,13,24H,12H2,1H3,(H,23,25). The van der Waals surface area contributed by atoms with E-state index in [1.807, 2.05) is 24.3 Å². The lowest BCUT2D eigenvalue weighted by Gasteiger charge is -2.08. The number of carbonyl (C=O) groups is 1. The van der Waals surface area contributed by atoms with Crippen LogP contribution in [0.3, 0.4) is 0 Å². The molecule has 26 heavy (non-hydrogen) atoms. The number of rotatable bonds is 6. The predicted molar refractivity (Wildman–Crippen MR) is 98.1 cm³/mol. The van der Waals surface area contributed by atoms with Crippen molar-refractivity contribution in [1.29, 1.82) is 0 Å². The number of amides is 1. The maximum Gasteiger partial charge on any atom is 0.270 e. The molecular formula is C20H18FN3O2. The monoisotopic (exact) mass is 351 g/mol. The summed E-state index contributed by atoms with van der Waals surface area (Å²) in [5.41, 5.74) is 2.79. The third-order valence-corrected chi connectivity index (χ3v) is 3.74. The van der Waals surface area contributed by atoms with E-state index in [0.717, 1.165) is 22.7 Å². The van der Waals surface area contributed by atoms with Crippen molar-refractivity contribution in [3.63, 3.8) is 0 Å². The molecule has 0 aliphatic heterocycles. The molecule has 0 aliphatic carbocycles. The molecule has 3 aromatic rings. The average Bonchev–Trinajstić information content (AvgIpc) is 2.68. The first-order valence-electron chi connectivity index (χ1n) is 8.04. The van der Waals surface area contributed by atoms with E-state index in [1.165, 1.54) is 12.1 Å². The number of hydrogen-bond acceptors (Lipinski definition) is 4. The molecule has 6 heteroatoms. The van der Waals surface area contributed by atoms with Gasteiger partial charge in [0.15, 0.2) is 0 Å². The van der Waals surface area contributed by atoms with Crippen molar-refractivity contribution in [2.24, 2.45) is 0 Å². The Morgan fingerprint density at radius 1 is 1.00 bits per heavy atom. The molecule has 0 fully saturated rings. The molecule has 1 amide bonds. The summed E-state index contributed by atoms with van der Waals surface area (Å²) in [5, 5.41) is 5.96. The molecule has 3 rings (SSSR count). The molecule has 0 saturated carbocycles. The number of aromatic nitrogens is 1. The van der Waals surface area contributed by atoms with Crippen molar-refractivity contribution in [2.75, 3.05) is 12.4 Å². The Hall–Kier alpha value is -3.41. The maximum atomic E-state index is 12.9. The molecule has 1 aromatic heterocycles. The summed E-state index contributed by atoms with van der Waals surface area (Å²) < 4.78 is 18.0. The third-order valence-electron chi connectivity index (χ3n) is 3.74. The fourth-order valence-corrected chi connectivity index (χ4v) is 2.32. The van der Waals surface area contributed by atoms with Crippen LogP contribution in [0, 0.1) is 5.82 Å². The summed E-state index contributed by atoms with van der Waals surface area (Å²) in [4.78, 5) is 16.3. The quantitative estimate of drug-likeness (QED) is 0.707. The van der Waals surface area contributed by atoms with Gasteiger partial charge in [-0.05, 0) is 54.1 Å². The van der Waals surface area contributed by atoms with E-state index in [4.69, 9.17) is 4.74 Å². The number of hydrogen-bond donors (Lipinski definition) is 2. The highest BCUT2D eigenvalue weighted by Gasteiger charge is 2.07. The van der Waals surface area contributed by atoms with E-state index in [1.54, 1.807) is 37.6 Å². The molecule has 0 saturated heterocycles. The molecule has 5 nitrogen and oxygen atoms in total. The smallest absolute Gasteiger partial charge is 0.270 e. The van der Waals surface area contributed by atoms with E-state index < -0.39 is 0 Å². The highest BCUT2D eigenvalue weighted by molar-refractivity contribution is 5.92. The SMILES string of the molecule is COc1ccc(Nc2ccc(C(=O)NCc3ccc(F)cc3)nc2)cc1. The van der Waals surface area contributed by atoms with Gasteiger partial charge in [-0.25, -0.2) is 9.37 Å². The zero-order valence-electron chi connectivity index (χ0n) is 14.2. The van der Waals surface area contributed by atoms with Crippen molar-refractivity contribution >= 4 is 17.3 Å². The minimum atomic E-state index is -0.304. The van der Waals surface area contributed by atoms with Gasteiger partial charge in [-0.3, -0.25) is 4.79 Å². The van der Waals surface area contributed by atoms with Crippen molar-refractivity contribution in [2.45, 2.75) is 6.54 Å². The molecule has 0 spiro atoms. The van der Waals surface area contributed by atoms with E-state index in [2.05, 4.69) is 15.6 Å². The number of benzene rings is 2. The van der Waals surface area contributed by atoms with Gasteiger partial charge >= 0.3 is 0 Å². The minimum absolute atomic E-state index is 0.287. The van der Waals surface area contributed by atoms with Gasteiger partial charge in [-0.15, -0.1) is 0 Å². The number of pyridine rings is 1. The van der Waals surface area contributed by atoms with Crippen LogP contribution in [-0.2, 0) is 6.54 Å². The van der Waals surface area contributed by atoms with Crippen LogP contribution in [-0.4, -0.2) is 18.0 Å². The van der Waals surface area contributed by atoms with Crippen molar-refractivity contribution in [1.82, 2.24) is 10.3 Å². The van der Waals surface area contributed by atoms with Crippen LogP contribution in [0.2, 0.25) is 0 Å². The number of nitrogens with one attached hydrogen (secondary N) is 2. The molecule has 0 atom stereocenters. The topological polar surface area (TPSA) is 63.2 Å². The van der Waals surface area contributed by atoms with E-state index in [9.17, 15) is 9.18 Å². The van der Waals surface area contributed by atoms with Gasteiger partial charge in [0, 0.05) is 12.2 Å². The normalized spacial score (nSPS) is 10.2. The van der Waals surface area contributed by atoms with Crippen LogP contribution >= 0.6 is 0 Å². The van der Waals surface area contributed by atoms with Gasteiger partial charge in [-0.2, -0.15) is 0 Å². The largest absolute Gasteiger partial charge is 0.497 e. The van der Waals surface area contributed by atoms with Gasteiger partial charge in [-0.1, -0.05) is 12.1 Å². The zero-order chi connectivity index (χ0) is 18.4. The van der Waals surface area contributed by atoms with Crippen molar-refractivity contribution in [3.05, 3.63) is 83.9 Å². The van der Waals surface area contributed by atoms with Crippen molar-refractivity contribution < 1.29 is 13.9 Å². The Morgan fingerprint density at radius 3 is 2.31 bits per heavy atom. The van der Waals surface area contributed by atoms with Gasteiger partial charge < -0.3 is 15.4 Å². The molecule has 2 aromatic carbocycles. The van der Waals surface area contributed by atoms with Crippen LogP contribution in [0.15, 0.2) is 66.9 Å². The Balaban J connectivity index is 1.57. The first-order valence-corrected chi connectivity index (χ1v) is 8.04. The predicted octanol–water partition coefficient (Wildman–Crippen LogP) is 3.90. The molecule has 0 unspecified atom stereocenters. The van der Waals surface area contributed by atoms with E-state index in [-0.39, 0.29) is 11.7 Å². The minimum Gasteiger partial charge on any atom is -0.497 e. The third kappa shape index (κ3) is 4.57. The van der Waals surface area contributed by atoms with E-state index >= 15 is 0 Å². The summed E-state index contributed by atoms with van der Waals surface area (Å²) in [6.45, 7) is 0.312. The molecule has 1 heterocycles. The number of ether oxygens (including phenoxy) is 1. The average molecular weight is 351 g/mol. The second-order valence-electron chi connectivity index (χ2n) is 5.59. The molecule has 0 radical (unpaired) electrons. The second-order valence-corrected chi connectivity index (χ2v) is 5.59. The lowest BCUT2D eigenvalue weighted by molar-refractivity contribution is 0.0946. The maximum absolute atomic E-state index is 12.9. The van der Waals surface area contributed by atoms with Gasteiger partial charge in [0.05, 0.1) is 19.0 Å². The van der Waals surface area contributed by atoms with Gasteiger partial charge in [0.25, 0.3) is 5.91 Å². The Morgan fingerprint density at radius 2 is 1.69 bits per heavy atom. The number of carbonyl (C=O) groups excluding carboxylic acids is 1. The van der Waals surface area contributed by atoms with Crippen LogP contribution < -0.4 is 15.4 Å². The lowest BCUT2D eigenvalue weighted by Crippen LogP contribution is -2.23. The van der Waals surface area contributed by atoms with E-state index in [0.29, 0.717) is 12.2 Å². The summed E-state index contributed by atoms with van der Waals surface area (Å²) in [6.07, 6.45) is 1.59. The highest BCUT2D eigenvalue weighted by Crippen LogP contribution is 2.19. The summed E-state index contributed by atoms with van der Waals surface area (Å²) in [5.74, 6) is 0.189. The van der Waals surface area contributed by atoms with Crippen LogP contribution in [0.25, 0.3) is 0 Å². The lowest BCUT2D eigenvalue weighted by atomic mass is 10.2. The van der Waals surface area contributed by atoms with Crippen LogP contribution in [0.4, 0.5) is 15.8 Å². The number of halogens is 1. The Bertz CT molecular complexity index is 863. The number of nitrogens with zero attached hydrogens (tertiary/aromatic N) is 1. The summed E-state index contributed by atoms with van der Waals surface area (Å²) in [6, 6.07) is 16.9. The van der Waals surface area contributed by atoms with Crippen LogP contribution in [0.1, 0.15) is 16.1 Å². The fraction of sp³-hybridized carbons (Fsp3) is 0.100. The zero-order valence-corrected chi connectivity index (χ0v) is 14.2. The first kappa shape index (κ1) is 17.4. The Labute approximate surface area is 150 Å². The fourth-order valence-electron chi connectivity index (χ4n) is 2.32. The number of anilines is 2. The van der Waals surface area contributed by atoms with Gasteiger partial charge in [0.2, 0.25) is 0 Å². The summed E-state index contributed by atoms with van der Waals surface area (Å²) >= 11 is 0. The van der Waals surface area contributed by atoms with Crippen LogP contribution in [0.5, 0.6) is 5.75 Å². The molecule has 132 valence electrons.